The van der Waals surface area contributed by atoms with Gasteiger partial charge in [-0.05, 0) is 37.5 Å². The first-order valence-corrected chi connectivity index (χ1v) is 14.8. The van der Waals surface area contributed by atoms with Gasteiger partial charge in [0, 0.05) is 22.3 Å². The smallest absolute Gasteiger partial charge is 0.325 e. The van der Waals surface area contributed by atoms with E-state index in [-0.39, 0.29) is 0 Å². The van der Waals surface area contributed by atoms with Gasteiger partial charge in [0.25, 0.3) is 8.38 Å². The van der Waals surface area contributed by atoms with E-state index in [9.17, 15) is 0 Å². The molecule has 0 saturated carbocycles. The number of benzene rings is 2. The van der Waals surface area contributed by atoms with Crippen molar-refractivity contribution < 1.29 is 13.6 Å². The van der Waals surface area contributed by atoms with E-state index in [0.717, 1.165) is 5.57 Å². The van der Waals surface area contributed by atoms with E-state index in [0.29, 0.717) is 36.9 Å². The largest absolute Gasteiger partial charge is 0.345 e. The number of nitrogens with zero attached hydrogens (tertiary/aromatic N) is 2. The molecule has 4 nitrogen and oxygen atoms in total. The summed E-state index contributed by atoms with van der Waals surface area (Å²) in [5.74, 6) is 1.56. The standard InChI is InChI=1S/C31H46N2O2P/c1-11-34-36(35-12-2)31-32(29-25(21(3)4)15-13-16-26(29)22(5)6)19-20-33(31)30-27(23(7)8)17-14-18-28(30)24(9)10/h13-24H,11-12H2,1-10H3/q+1. The summed E-state index contributed by atoms with van der Waals surface area (Å²) in [6.07, 6.45) is 4.44. The summed E-state index contributed by atoms with van der Waals surface area (Å²) >= 11 is 0. The number of imidazole rings is 1. The average Bonchev–Trinajstić information content (AvgIpc) is 3.26. The molecule has 5 heteroatoms. The minimum Gasteiger partial charge on any atom is -0.325 e. The molecule has 0 radical (unpaired) electrons. The van der Waals surface area contributed by atoms with Crippen LogP contribution in [0.2, 0.25) is 0 Å². The second-order valence-electron chi connectivity index (χ2n) is 10.6. The zero-order chi connectivity index (χ0) is 26.6. The van der Waals surface area contributed by atoms with E-state index >= 15 is 0 Å². The molecule has 196 valence electrons. The second-order valence-corrected chi connectivity index (χ2v) is 12.1. The van der Waals surface area contributed by atoms with E-state index in [4.69, 9.17) is 9.05 Å². The van der Waals surface area contributed by atoms with Crippen LogP contribution in [0.1, 0.15) is 115 Å². The van der Waals surface area contributed by atoms with E-state index in [1.165, 1.54) is 33.6 Å². The minimum atomic E-state index is -1.31. The molecular formula is C31H46N2O2P+. The molecule has 0 N–H and O–H groups in total. The van der Waals surface area contributed by atoms with Crippen molar-refractivity contribution in [3.8, 4) is 11.4 Å². The Morgan fingerprint density at radius 1 is 0.694 bits per heavy atom. The summed E-state index contributed by atoms with van der Waals surface area (Å²) in [5, 5.41) is 0. The summed E-state index contributed by atoms with van der Waals surface area (Å²) in [4.78, 5) is 0. The molecule has 0 aliphatic carbocycles. The van der Waals surface area contributed by atoms with Crippen LogP contribution in [0.4, 0.5) is 0 Å². The lowest BCUT2D eigenvalue weighted by atomic mass is 9.92. The van der Waals surface area contributed by atoms with Gasteiger partial charge in [0.15, 0.2) is 0 Å². The lowest BCUT2D eigenvalue weighted by Gasteiger charge is -2.22. The van der Waals surface area contributed by atoms with Crippen LogP contribution in [0.3, 0.4) is 0 Å². The van der Waals surface area contributed by atoms with Crippen LogP contribution >= 0.6 is 8.38 Å². The molecule has 0 unspecified atom stereocenters. The highest BCUT2D eigenvalue weighted by Crippen LogP contribution is 2.40. The van der Waals surface area contributed by atoms with E-state index < -0.39 is 8.38 Å². The van der Waals surface area contributed by atoms with Crippen molar-refractivity contribution in [2.45, 2.75) is 92.9 Å². The van der Waals surface area contributed by atoms with E-state index in [1.807, 2.05) is 0 Å². The molecule has 0 saturated heterocycles. The lowest BCUT2D eigenvalue weighted by molar-refractivity contribution is -0.576. The highest BCUT2D eigenvalue weighted by molar-refractivity contribution is 7.55. The Bertz CT molecular complexity index is 1010. The Kier molecular flexibility index (Phi) is 9.92. The fourth-order valence-corrected chi connectivity index (χ4v) is 6.33. The summed E-state index contributed by atoms with van der Waals surface area (Å²) in [6.45, 7) is 23.5. The van der Waals surface area contributed by atoms with Crippen molar-refractivity contribution in [1.29, 1.82) is 0 Å². The highest BCUT2D eigenvalue weighted by Gasteiger charge is 2.36. The minimum absolute atomic E-state index is 0.391. The van der Waals surface area contributed by atoms with Gasteiger partial charge in [-0.1, -0.05) is 91.8 Å². The first kappa shape index (κ1) is 28.6. The van der Waals surface area contributed by atoms with Crippen LogP contribution in [0.15, 0.2) is 48.8 Å². The summed E-state index contributed by atoms with van der Waals surface area (Å²) < 4.78 is 17.4. The first-order valence-electron chi connectivity index (χ1n) is 13.6. The third kappa shape index (κ3) is 5.77. The van der Waals surface area contributed by atoms with Gasteiger partial charge in [-0.3, -0.25) is 0 Å². The molecule has 0 bridgehead atoms. The molecule has 0 aliphatic rings. The predicted molar refractivity (Wildman–Crippen MR) is 153 cm³/mol. The molecule has 3 rings (SSSR count). The molecule has 0 aliphatic heterocycles. The normalized spacial score (nSPS) is 12.2. The Labute approximate surface area is 220 Å². The van der Waals surface area contributed by atoms with Crippen LogP contribution in [-0.2, 0) is 9.05 Å². The van der Waals surface area contributed by atoms with Crippen molar-refractivity contribution in [2.75, 3.05) is 13.2 Å². The number of aromatic nitrogens is 2. The maximum Gasteiger partial charge on any atom is 0.345 e. The molecule has 3 aromatic rings. The van der Waals surface area contributed by atoms with Gasteiger partial charge < -0.3 is 9.05 Å². The first-order chi connectivity index (χ1) is 17.1. The van der Waals surface area contributed by atoms with Crippen LogP contribution < -0.4 is 10.1 Å². The van der Waals surface area contributed by atoms with Gasteiger partial charge in [-0.25, -0.2) is 0 Å². The molecule has 0 amide bonds. The third-order valence-electron chi connectivity index (χ3n) is 6.62. The molecule has 1 aromatic heterocycles. The van der Waals surface area contributed by atoms with Gasteiger partial charge in [-0.15, -0.1) is 0 Å². The number of para-hydroxylation sites is 2. The Balaban J connectivity index is 2.48. The molecule has 0 spiro atoms. The molecular weight excluding hydrogens is 463 g/mol. The average molecular weight is 510 g/mol. The Morgan fingerprint density at radius 3 is 1.50 bits per heavy atom. The van der Waals surface area contributed by atoms with Gasteiger partial charge in [0.1, 0.15) is 23.8 Å². The Hall–Kier alpha value is -2.00. The molecule has 1 heterocycles. The topological polar surface area (TPSA) is 27.3 Å². The van der Waals surface area contributed by atoms with Crippen LogP contribution in [-0.4, -0.2) is 17.8 Å². The summed E-state index contributed by atoms with van der Waals surface area (Å²) in [7, 11) is -1.31. The SMILES string of the molecule is CCOP(OCC)c1n(-c2c(C(C)C)cccc2C(C)C)cc[n+]1-c1c(C(C)C)cccc1C(C)C. The maximum absolute atomic E-state index is 6.35. The van der Waals surface area contributed by atoms with Crippen molar-refractivity contribution in [3.63, 3.8) is 0 Å². The molecule has 0 atom stereocenters. The van der Waals surface area contributed by atoms with Crippen molar-refractivity contribution in [2.24, 2.45) is 0 Å². The fraction of sp³-hybridized carbons (Fsp3) is 0.516. The number of rotatable bonds is 11. The van der Waals surface area contributed by atoms with Gasteiger partial charge in [0.05, 0.1) is 13.2 Å². The Morgan fingerprint density at radius 2 is 1.11 bits per heavy atom. The van der Waals surface area contributed by atoms with Crippen molar-refractivity contribution >= 4 is 13.9 Å². The molecule has 0 fully saturated rings. The number of hydrogen-bond donors (Lipinski definition) is 0. The number of hydrogen-bond acceptors (Lipinski definition) is 2. The van der Waals surface area contributed by atoms with Crippen LogP contribution in [0, 0.1) is 0 Å². The van der Waals surface area contributed by atoms with Crippen molar-refractivity contribution in [3.05, 3.63) is 71.0 Å². The second kappa shape index (κ2) is 12.5. The van der Waals surface area contributed by atoms with Crippen LogP contribution in [0.25, 0.3) is 11.4 Å². The van der Waals surface area contributed by atoms with Crippen LogP contribution in [0.5, 0.6) is 0 Å². The maximum atomic E-state index is 6.35. The molecule has 2 aromatic carbocycles. The highest BCUT2D eigenvalue weighted by atomic mass is 31.2. The zero-order valence-corrected chi connectivity index (χ0v) is 24.9. The van der Waals surface area contributed by atoms with E-state index in [2.05, 4.69) is 127 Å². The van der Waals surface area contributed by atoms with Gasteiger partial charge >= 0.3 is 5.57 Å². The fourth-order valence-electron chi connectivity index (χ4n) is 4.87. The van der Waals surface area contributed by atoms with E-state index in [1.54, 1.807) is 0 Å². The molecule has 36 heavy (non-hydrogen) atoms. The predicted octanol–water partition coefficient (Wildman–Crippen LogP) is 8.26. The third-order valence-corrected chi connectivity index (χ3v) is 8.36. The summed E-state index contributed by atoms with van der Waals surface area (Å²) in [5.41, 5.74) is 8.96. The zero-order valence-electron chi connectivity index (χ0n) is 24.0. The monoisotopic (exact) mass is 509 g/mol. The summed E-state index contributed by atoms with van der Waals surface area (Å²) in [6, 6.07) is 13.5. The lowest BCUT2D eigenvalue weighted by Crippen LogP contribution is -2.48. The van der Waals surface area contributed by atoms with Gasteiger partial charge in [-0.2, -0.15) is 9.13 Å². The quantitative estimate of drug-likeness (QED) is 0.192. The van der Waals surface area contributed by atoms with Crippen molar-refractivity contribution in [1.82, 2.24) is 4.57 Å². The van der Waals surface area contributed by atoms with Gasteiger partial charge in [0.2, 0.25) is 0 Å².